The van der Waals surface area contributed by atoms with Gasteiger partial charge in [-0.2, -0.15) is 5.10 Å². The van der Waals surface area contributed by atoms with Crippen LogP contribution in [0, 0.1) is 0 Å². The van der Waals surface area contributed by atoms with Gasteiger partial charge in [0, 0.05) is 18.9 Å². The number of nitrogens with two attached hydrogens (primary N) is 1. The van der Waals surface area contributed by atoms with Crippen LogP contribution in [0.15, 0.2) is 24.8 Å². The van der Waals surface area contributed by atoms with E-state index in [2.05, 4.69) is 22.0 Å². The van der Waals surface area contributed by atoms with E-state index in [1.54, 1.807) is 18.6 Å². The Balaban J connectivity index is 1.99. The fraction of sp³-hybridized carbons (Fsp3) is 0.417. The van der Waals surface area contributed by atoms with E-state index in [9.17, 15) is 0 Å². The largest absolute Gasteiger partial charge is 0.421 e. The number of ether oxygens (including phenoxy) is 1. The molecule has 2 N–H and O–H groups in total. The maximum Gasteiger partial charge on any atom is 0.321 e. The van der Waals surface area contributed by atoms with Gasteiger partial charge in [0.05, 0.1) is 12.4 Å². The molecule has 2 rings (SSSR count). The summed E-state index contributed by atoms with van der Waals surface area (Å²) in [6.07, 6.45) is 8.75. The standard InChI is InChI=1S/C12H17N5O/c1-2-5-17-9-11(8-16-17)18-12-14-6-10(3-4-13)7-15-12/h6-9H,2-5,13H2,1H3. The lowest BCUT2D eigenvalue weighted by molar-refractivity contribution is 0.439. The van der Waals surface area contributed by atoms with Crippen molar-refractivity contribution in [1.29, 1.82) is 0 Å². The molecule has 2 aromatic rings. The third-order valence-corrected chi connectivity index (χ3v) is 2.39. The van der Waals surface area contributed by atoms with Crippen molar-refractivity contribution in [2.75, 3.05) is 6.54 Å². The van der Waals surface area contributed by atoms with Crippen molar-refractivity contribution in [3.63, 3.8) is 0 Å². The molecule has 0 saturated carbocycles. The Bertz CT molecular complexity index is 479. The topological polar surface area (TPSA) is 78.9 Å². The highest BCUT2D eigenvalue weighted by Gasteiger charge is 2.03. The van der Waals surface area contributed by atoms with Gasteiger partial charge < -0.3 is 10.5 Å². The van der Waals surface area contributed by atoms with Crippen LogP contribution in [0.1, 0.15) is 18.9 Å². The van der Waals surface area contributed by atoms with Gasteiger partial charge in [-0.15, -0.1) is 0 Å². The number of aromatic nitrogens is 4. The van der Waals surface area contributed by atoms with E-state index in [0.717, 1.165) is 24.9 Å². The average molecular weight is 247 g/mol. The van der Waals surface area contributed by atoms with Crippen LogP contribution >= 0.6 is 0 Å². The van der Waals surface area contributed by atoms with Gasteiger partial charge in [0.15, 0.2) is 5.75 Å². The predicted octanol–water partition coefficient (Wildman–Crippen LogP) is 1.38. The Morgan fingerprint density at radius 1 is 1.28 bits per heavy atom. The minimum absolute atomic E-state index is 0.326. The molecule has 2 aromatic heterocycles. The van der Waals surface area contributed by atoms with Crippen molar-refractivity contribution in [2.45, 2.75) is 26.3 Å². The predicted molar refractivity (Wildman–Crippen MR) is 67.4 cm³/mol. The fourth-order valence-corrected chi connectivity index (χ4v) is 1.55. The molecule has 96 valence electrons. The van der Waals surface area contributed by atoms with Gasteiger partial charge >= 0.3 is 6.01 Å². The first-order valence-electron chi connectivity index (χ1n) is 6.03. The maximum atomic E-state index is 5.50. The van der Waals surface area contributed by atoms with Crippen LogP contribution in [0.4, 0.5) is 0 Å². The molecule has 0 saturated heterocycles. The first kappa shape index (κ1) is 12.5. The molecule has 0 aliphatic heterocycles. The lowest BCUT2D eigenvalue weighted by Gasteiger charge is -2.01. The first-order chi connectivity index (χ1) is 8.81. The van der Waals surface area contributed by atoms with Crippen LogP contribution in [0.5, 0.6) is 11.8 Å². The smallest absolute Gasteiger partial charge is 0.321 e. The second-order valence-corrected chi connectivity index (χ2v) is 3.95. The van der Waals surface area contributed by atoms with Gasteiger partial charge in [-0.3, -0.25) is 4.68 Å². The summed E-state index contributed by atoms with van der Waals surface area (Å²) >= 11 is 0. The first-order valence-corrected chi connectivity index (χ1v) is 6.03. The Labute approximate surface area is 106 Å². The SMILES string of the molecule is CCCn1cc(Oc2ncc(CCN)cn2)cn1. The lowest BCUT2D eigenvalue weighted by Crippen LogP contribution is -2.03. The van der Waals surface area contributed by atoms with Crippen LogP contribution in [0.2, 0.25) is 0 Å². The summed E-state index contributed by atoms with van der Waals surface area (Å²) < 4.78 is 7.33. The molecule has 0 aliphatic carbocycles. The molecule has 0 aromatic carbocycles. The molecule has 18 heavy (non-hydrogen) atoms. The van der Waals surface area contributed by atoms with Gasteiger partial charge in [-0.25, -0.2) is 9.97 Å². The highest BCUT2D eigenvalue weighted by molar-refractivity contribution is 5.18. The zero-order valence-electron chi connectivity index (χ0n) is 10.4. The van der Waals surface area contributed by atoms with Crippen LogP contribution < -0.4 is 10.5 Å². The van der Waals surface area contributed by atoms with Crippen molar-refractivity contribution >= 4 is 0 Å². The molecule has 2 heterocycles. The molecule has 0 spiro atoms. The summed E-state index contributed by atoms with van der Waals surface area (Å²) in [5.74, 6) is 0.648. The van der Waals surface area contributed by atoms with Crippen molar-refractivity contribution in [2.24, 2.45) is 5.73 Å². The van der Waals surface area contributed by atoms with E-state index in [-0.39, 0.29) is 0 Å². The van der Waals surface area contributed by atoms with E-state index >= 15 is 0 Å². The molecule has 0 fully saturated rings. The number of rotatable bonds is 6. The van der Waals surface area contributed by atoms with Gasteiger partial charge in [0.1, 0.15) is 0 Å². The fourth-order valence-electron chi connectivity index (χ4n) is 1.55. The summed E-state index contributed by atoms with van der Waals surface area (Å²) in [4.78, 5) is 8.24. The minimum Gasteiger partial charge on any atom is -0.421 e. The van der Waals surface area contributed by atoms with E-state index in [1.807, 2.05) is 10.9 Å². The molecule has 0 atom stereocenters. The van der Waals surface area contributed by atoms with Crippen LogP contribution in [0.25, 0.3) is 0 Å². The van der Waals surface area contributed by atoms with Crippen LogP contribution in [-0.4, -0.2) is 26.3 Å². The average Bonchev–Trinajstić information content (AvgIpc) is 2.80. The minimum atomic E-state index is 0.326. The Morgan fingerprint density at radius 2 is 2.06 bits per heavy atom. The molecule has 0 radical (unpaired) electrons. The van der Waals surface area contributed by atoms with Gasteiger partial charge in [-0.05, 0) is 24.9 Å². The van der Waals surface area contributed by atoms with E-state index in [0.29, 0.717) is 18.3 Å². The second kappa shape index (κ2) is 6.11. The zero-order chi connectivity index (χ0) is 12.8. The normalized spacial score (nSPS) is 10.6. The maximum absolute atomic E-state index is 5.50. The number of hydrogen-bond acceptors (Lipinski definition) is 5. The molecule has 0 unspecified atom stereocenters. The second-order valence-electron chi connectivity index (χ2n) is 3.95. The quantitative estimate of drug-likeness (QED) is 0.834. The van der Waals surface area contributed by atoms with E-state index < -0.39 is 0 Å². The van der Waals surface area contributed by atoms with Gasteiger partial charge in [0.25, 0.3) is 0 Å². The summed E-state index contributed by atoms with van der Waals surface area (Å²) in [5.41, 5.74) is 6.46. The summed E-state index contributed by atoms with van der Waals surface area (Å²) in [5, 5.41) is 4.17. The molecular weight excluding hydrogens is 230 g/mol. The molecule has 0 aliphatic rings. The Morgan fingerprint density at radius 3 is 2.72 bits per heavy atom. The Hall–Kier alpha value is -1.95. The lowest BCUT2D eigenvalue weighted by atomic mass is 10.2. The molecule has 0 amide bonds. The molecule has 0 bridgehead atoms. The van der Waals surface area contributed by atoms with Crippen molar-refractivity contribution in [1.82, 2.24) is 19.7 Å². The number of hydrogen-bond donors (Lipinski definition) is 1. The van der Waals surface area contributed by atoms with E-state index in [4.69, 9.17) is 10.5 Å². The summed E-state index contributed by atoms with van der Waals surface area (Å²) in [7, 11) is 0. The highest BCUT2D eigenvalue weighted by Crippen LogP contribution is 2.16. The van der Waals surface area contributed by atoms with E-state index in [1.165, 1.54) is 0 Å². The molecule has 6 heteroatoms. The third-order valence-electron chi connectivity index (χ3n) is 2.39. The molecular formula is C12H17N5O. The van der Waals surface area contributed by atoms with Crippen molar-refractivity contribution < 1.29 is 4.74 Å². The van der Waals surface area contributed by atoms with Crippen LogP contribution in [0.3, 0.4) is 0 Å². The van der Waals surface area contributed by atoms with Crippen molar-refractivity contribution in [3.8, 4) is 11.8 Å². The monoisotopic (exact) mass is 247 g/mol. The Kier molecular flexibility index (Phi) is 4.25. The summed E-state index contributed by atoms with van der Waals surface area (Å²) in [6, 6.07) is 0.326. The summed E-state index contributed by atoms with van der Waals surface area (Å²) in [6.45, 7) is 3.56. The third kappa shape index (κ3) is 3.27. The zero-order valence-corrected chi connectivity index (χ0v) is 10.4. The van der Waals surface area contributed by atoms with Gasteiger partial charge in [0.2, 0.25) is 0 Å². The van der Waals surface area contributed by atoms with Gasteiger partial charge in [-0.1, -0.05) is 6.92 Å². The highest BCUT2D eigenvalue weighted by atomic mass is 16.5. The molecule has 6 nitrogen and oxygen atoms in total. The van der Waals surface area contributed by atoms with Crippen molar-refractivity contribution in [3.05, 3.63) is 30.4 Å². The number of nitrogens with zero attached hydrogens (tertiary/aromatic N) is 4. The van der Waals surface area contributed by atoms with Crippen LogP contribution in [-0.2, 0) is 13.0 Å². The number of aryl methyl sites for hydroxylation is 1.